The maximum atomic E-state index is 5.86. The first kappa shape index (κ1) is 13.3. The highest BCUT2D eigenvalue weighted by Gasteiger charge is 2.17. The van der Waals surface area contributed by atoms with Crippen molar-refractivity contribution in [3.05, 3.63) is 40.1 Å². The maximum absolute atomic E-state index is 5.86. The van der Waals surface area contributed by atoms with Crippen molar-refractivity contribution >= 4 is 11.3 Å². The van der Waals surface area contributed by atoms with Gasteiger partial charge in [-0.2, -0.15) is 0 Å². The quantitative estimate of drug-likeness (QED) is 0.923. The van der Waals surface area contributed by atoms with E-state index in [0.29, 0.717) is 0 Å². The van der Waals surface area contributed by atoms with Gasteiger partial charge in [0.05, 0.1) is 12.2 Å². The van der Waals surface area contributed by atoms with Gasteiger partial charge < -0.3 is 10.3 Å². The average Bonchev–Trinajstić information content (AvgIpc) is 2.85. The molecular formula is C14H21N3S. The number of hydrogen-bond acceptors (Lipinski definition) is 3. The Morgan fingerprint density at radius 1 is 1.44 bits per heavy atom. The molecule has 0 spiro atoms. The second kappa shape index (κ2) is 4.86. The smallest absolute Gasteiger partial charge is 0.113 e. The van der Waals surface area contributed by atoms with Gasteiger partial charge in [-0.1, -0.05) is 20.8 Å². The molecule has 2 heterocycles. The van der Waals surface area contributed by atoms with E-state index in [1.165, 1.54) is 11.3 Å². The third-order valence-corrected chi connectivity index (χ3v) is 3.77. The van der Waals surface area contributed by atoms with Gasteiger partial charge >= 0.3 is 0 Å². The third-order valence-electron chi connectivity index (χ3n) is 2.94. The Morgan fingerprint density at radius 3 is 2.67 bits per heavy atom. The predicted molar refractivity (Wildman–Crippen MR) is 77.0 cm³/mol. The third kappa shape index (κ3) is 3.00. The lowest BCUT2D eigenvalue weighted by Gasteiger charge is -2.14. The van der Waals surface area contributed by atoms with Crippen LogP contribution in [0.2, 0.25) is 0 Å². The van der Waals surface area contributed by atoms with Gasteiger partial charge in [-0.05, 0) is 18.6 Å². The molecule has 18 heavy (non-hydrogen) atoms. The van der Waals surface area contributed by atoms with Gasteiger partial charge in [0.2, 0.25) is 0 Å². The minimum absolute atomic E-state index is 0.0904. The van der Waals surface area contributed by atoms with Crippen molar-refractivity contribution in [2.75, 3.05) is 0 Å². The fraction of sp³-hybridized carbons (Fsp3) is 0.500. The Labute approximate surface area is 113 Å². The van der Waals surface area contributed by atoms with Crippen LogP contribution in [0.4, 0.5) is 0 Å². The van der Waals surface area contributed by atoms with Gasteiger partial charge in [0.15, 0.2) is 0 Å². The molecule has 2 aromatic heterocycles. The zero-order valence-electron chi connectivity index (χ0n) is 11.5. The highest BCUT2D eigenvalue weighted by molar-refractivity contribution is 7.09. The van der Waals surface area contributed by atoms with Crippen LogP contribution in [0.25, 0.3) is 0 Å². The summed E-state index contributed by atoms with van der Waals surface area (Å²) in [5, 5.41) is 3.30. The van der Waals surface area contributed by atoms with Crippen LogP contribution in [-0.2, 0) is 12.0 Å². The molecule has 0 aliphatic rings. The molecule has 0 aliphatic heterocycles. The number of nitrogens with zero attached hydrogens (tertiary/aromatic N) is 2. The summed E-state index contributed by atoms with van der Waals surface area (Å²) in [7, 11) is 0. The van der Waals surface area contributed by atoms with Crippen LogP contribution in [0.15, 0.2) is 23.8 Å². The fourth-order valence-electron chi connectivity index (χ4n) is 1.71. The first-order chi connectivity index (χ1) is 8.36. The van der Waals surface area contributed by atoms with Crippen LogP contribution in [0, 0.1) is 0 Å². The summed E-state index contributed by atoms with van der Waals surface area (Å²) in [6, 6.07) is 2.16. The van der Waals surface area contributed by atoms with E-state index in [0.717, 1.165) is 11.6 Å². The van der Waals surface area contributed by atoms with Gasteiger partial charge in [-0.15, -0.1) is 11.3 Å². The Bertz CT molecular complexity index is 517. The molecule has 0 saturated carbocycles. The minimum Gasteiger partial charge on any atom is -0.347 e. The average molecular weight is 263 g/mol. The van der Waals surface area contributed by atoms with Crippen molar-refractivity contribution in [1.29, 1.82) is 0 Å². The molecule has 4 heteroatoms. The summed E-state index contributed by atoms with van der Waals surface area (Å²) in [5.74, 6) is 0. The summed E-state index contributed by atoms with van der Waals surface area (Å²) in [5.41, 5.74) is 8.32. The van der Waals surface area contributed by atoms with Gasteiger partial charge in [0, 0.05) is 29.2 Å². The lowest BCUT2D eigenvalue weighted by Crippen LogP contribution is -2.11. The van der Waals surface area contributed by atoms with E-state index in [4.69, 9.17) is 10.7 Å². The number of thiazole rings is 1. The minimum atomic E-state index is 0.0904. The van der Waals surface area contributed by atoms with Gasteiger partial charge in [-0.3, -0.25) is 0 Å². The molecule has 2 rings (SSSR count). The zero-order chi connectivity index (χ0) is 13.3. The molecular weight excluding hydrogens is 242 g/mol. The van der Waals surface area contributed by atoms with Crippen molar-refractivity contribution in [2.24, 2.45) is 5.73 Å². The second-order valence-corrected chi connectivity index (χ2v) is 6.72. The van der Waals surface area contributed by atoms with Crippen LogP contribution in [0.1, 0.15) is 50.0 Å². The summed E-state index contributed by atoms with van der Waals surface area (Å²) in [6.07, 6.45) is 4.17. The second-order valence-electron chi connectivity index (χ2n) is 5.78. The lowest BCUT2D eigenvalue weighted by atomic mass is 9.93. The SMILES string of the molecule is CC(N)c1ccn(Cc2nc(C(C)(C)C)cs2)c1. The molecule has 1 unspecified atom stereocenters. The number of rotatable bonds is 3. The van der Waals surface area contributed by atoms with E-state index in [-0.39, 0.29) is 11.5 Å². The number of hydrogen-bond donors (Lipinski definition) is 1. The van der Waals surface area contributed by atoms with Crippen LogP contribution in [0.3, 0.4) is 0 Å². The Balaban J connectivity index is 2.11. The highest BCUT2D eigenvalue weighted by atomic mass is 32.1. The summed E-state index contributed by atoms with van der Waals surface area (Å²) < 4.78 is 2.14. The molecule has 0 saturated heterocycles. The van der Waals surface area contributed by atoms with Crippen molar-refractivity contribution in [1.82, 2.24) is 9.55 Å². The molecule has 0 bridgehead atoms. The molecule has 3 nitrogen and oxygen atoms in total. The maximum Gasteiger partial charge on any atom is 0.113 e. The fourth-order valence-corrected chi connectivity index (χ4v) is 2.74. The summed E-state index contributed by atoms with van der Waals surface area (Å²) >= 11 is 1.73. The molecule has 1 atom stereocenters. The van der Waals surface area contributed by atoms with Crippen molar-refractivity contribution < 1.29 is 0 Å². The molecule has 0 radical (unpaired) electrons. The van der Waals surface area contributed by atoms with E-state index < -0.39 is 0 Å². The van der Waals surface area contributed by atoms with E-state index in [2.05, 4.69) is 49.2 Å². The largest absolute Gasteiger partial charge is 0.347 e. The molecule has 98 valence electrons. The Hall–Kier alpha value is -1.13. The lowest BCUT2D eigenvalue weighted by molar-refractivity contribution is 0.569. The molecule has 0 fully saturated rings. The van der Waals surface area contributed by atoms with Crippen molar-refractivity contribution in [3.63, 3.8) is 0 Å². The topological polar surface area (TPSA) is 43.8 Å². The summed E-state index contributed by atoms with van der Waals surface area (Å²) in [4.78, 5) is 4.70. The highest BCUT2D eigenvalue weighted by Crippen LogP contribution is 2.24. The van der Waals surface area contributed by atoms with Crippen LogP contribution < -0.4 is 5.73 Å². The normalized spacial score (nSPS) is 13.8. The predicted octanol–water partition coefficient (Wildman–Crippen LogP) is 3.31. The van der Waals surface area contributed by atoms with Crippen molar-refractivity contribution in [3.8, 4) is 0 Å². The standard InChI is InChI=1S/C14H21N3S/c1-10(15)11-5-6-17(7-11)8-13-16-12(9-18-13)14(2,3)4/h5-7,9-10H,8,15H2,1-4H3. The molecule has 2 aromatic rings. The molecule has 0 amide bonds. The van der Waals surface area contributed by atoms with E-state index >= 15 is 0 Å². The number of nitrogens with two attached hydrogens (primary N) is 1. The van der Waals surface area contributed by atoms with E-state index in [9.17, 15) is 0 Å². The van der Waals surface area contributed by atoms with E-state index in [1.807, 2.05) is 6.92 Å². The Morgan fingerprint density at radius 2 is 2.17 bits per heavy atom. The number of aromatic nitrogens is 2. The Kier molecular flexibility index (Phi) is 3.59. The summed E-state index contributed by atoms with van der Waals surface area (Å²) in [6.45, 7) is 9.40. The molecule has 0 aromatic carbocycles. The van der Waals surface area contributed by atoms with E-state index in [1.54, 1.807) is 11.3 Å². The first-order valence-electron chi connectivity index (χ1n) is 6.22. The van der Waals surface area contributed by atoms with Crippen LogP contribution in [0.5, 0.6) is 0 Å². The van der Waals surface area contributed by atoms with Gasteiger partial charge in [0.25, 0.3) is 0 Å². The van der Waals surface area contributed by atoms with Gasteiger partial charge in [-0.25, -0.2) is 4.98 Å². The zero-order valence-corrected chi connectivity index (χ0v) is 12.3. The molecule has 2 N–H and O–H groups in total. The molecule has 0 aliphatic carbocycles. The van der Waals surface area contributed by atoms with Crippen LogP contribution in [-0.4, -0.2) is 9.55 Å². The van der Waals surface area contributed by atoms with Gasteiger partial charge in [0.1, 0.15) is 5.01 Å². The monoisotopic (exact) mass is 263 g/mol. The van der Waals surface area contributed by atoms with Crippen LogP contribution >= 0.6 is 11.3 Å². The first-order valence-corrected chi connectivity index (χ1v) is 7.10. The van der Waals surface area contributed by atoms with Crippen molar-refractivity contribution in [2.45, 2.75) is 45.7 Å².